The molecule has 0 amide bonds. The molecule has 1 unspecified atom stereocenters. The summed E-state index contributed by atoms with van der Waals surface area (Å²) in [7, 11) is 2.01. The molecule has 1 N–H and O–H groups in total. The summed E-state index contributed by atoms with van der Waals surface area (Å²) in [5.74, 6) is 0. The zero-order valence-electron chi connectivity index (χ0n) is 11.0. The van der Waals surface area contributed by atoms with Crippen LogP contribution in [0.2, 0.25) is 0 Å². The molecule has 0 saturated heterocycles. The fraction of sp³-hybridized carbons (Fsp3) is 0.250. The average Bonchev–Trinajstić information content (AvgIpc) is 2.35. The highest BCUT2D eigenvalue weighted by molar-refractivity contribution is 9.10. The van der Waals surface area contributed by atoms with Crippen molar-refractivity contribution in [3.63, 3.8) is 0 Å². The van der Waals surface area contributed by atoms with E-state index in [1.54, 1.807) is 0 Å². The Bertz CT molecular complexity index is 511. The Kier molecular flexibility index (Phi) is 4.20. The van der Waals surface area contributed by atoms with Crippen LogP contribution in [-0.4, -0.2) is 7.05 Å². The first-order valence-corrected chi connectivity index (χ1v) is 6.91. The summed E-state index contributed by atoms with van der Waals surface area (Å²) in [6.07, 6.45) is 0. The molecular weight excluding hydrogens is 286 g/mol. The summed E-state index contributed by atoms with van der Waals surface area (Å²) >= 11 is 3.48. The van der Waals surface area contributed by atoms with Gasteiger partial charge in [-0.15, -0.1) is 0 Å². The fourth-order valence-corrected chi connectivity index (χ4v) is 2.68. The lowest BCUT2D eigenvalue weighted by Gasteiger charge is -2.21. The topological polar surface area (TPSA) is 12.0 Å². The van der Waals surface area contributed by atoms with Crippen LogP contribution in [-0.2, 0) is 0 Å². The second-order valence-electron chi connectivity index (χ2n) is 4.58. The number of rotatable bonds is 3. The summed E-state index contributed by atoms with van der Waals surface area (Å²) < 4.78 is 1.11. The van der Waals surface area contributed by atoms with Gasteiger partial charge in [-0.25, -0.2) is 0 Å². The standard InChI is InChI=1S/C16H18BrN/c1-11-5-4-6-12(2)15(11)16(18-3)13-7-9-14(17)10-8-13/h4-10,16,18H,1-3H3. The van der Waals surface area contributed by atoms with Gasteiger partial charge in [0.25, 0.3) is 0 Å². The van der Waals surface area contributed by atoms with E-state index in [0.29, 0.717) is 0 Å². The van der Waals surface area contributed by atoms with Crippen LogP contribution in [0, 0.1) is 13.8 Å². The van der Waals surface area contributed by atoms with Crippen LogP contribution in [0.25, 0.3) is 0 Å². The lowest BCUT2D eigenvalue weighted by atomic mass is 9.91. The molecule has 0 aliphatic heterocycles. The van der Waals surface area contributed by atoms with Crippen molar-refractivity contribution in [2.24, 2.45) is 0 Å². The van der Waals surface area contributed by atoms with Crippen molar-refractivity contribution in [1.29, 1.82) is 0 Å². The smallest absolute Gasteiger partial charge is 0.0579 e. The highest BCUT2D eigenvalue weighted by Gasteiger charge is 2.15. The van der Waals surface area contributed by atoms with Gasteiger partial charge in [-0.05, 0) is 55.3 Å². The average molecular weight is 304 g/mol. The summed E-state index contributed by atoms with van der Waals surface area (Å²) in [5.41, 5.74) is 5.33. The maximum absolute atomic E-state index is 3.48. The monoisotopic (exact) mass is 303 g/mol. The van der Waals surface area contributed by atoms with Crippen molar-refractivity contribution in [3.8, 4) is 0 Å². The predicted octanol–water partition coefficient (Wildman–Crippen LogP) is 4.37. The second-order valence-corrected chi connectivity index (χ2v) is 5.49. The lowest BCUT2D eigenvalue weighted by molar-refractivity contribution is 0.683. The Hall–Kier alpha value is -1.12. The predicted molar refractivity (Wildman–Crippen MR) is 81.0 cm³/mol. The molecule has 0 heterocycles. The van der Waals surface area contributed by atoms with E-state index < -0.39 is 0 Å². The molecule has 0 spiro atoms. The number of aryl methyl sites for hydroxylation is 2. The summed E-state index contributed by atoms with van der Waals surface area (Å²) in [6, 6.07) is 15.2. The SMILES string of the molecule is CNC(c1ccc(Br)cc1)c1c(C)cccc1C. The third-order valence-electron chi connectivity index (χ3n) is 3.32. The molecule has 2 heteroatoms. The zero-order chi connectivity index (χ0) is 13.1. The molecule has 2 aromatic carbocycles. The van der Waals surface area contributed by atoms with Gasteiger partial charge in [-0.2, -0.15) is 0 Å². The van der Waals surface area contributed by atoms with Crippen LogP contribution < -0.4 is 5.32 Å². The van der Waals surface area contributed by atoms with Crippen LogP contribution >= 0.6 is 15.9 Å². The number of hydrogen-bond acceptors (Lipinski definition) is 1. The van der Waals surface area contributed by atoms with Crippen LogP contribution in [0.5, 0.6) is 0 Å². The normalized spacial score (nSPS) is 12.4. The molecule has 2 aromatic rings. The number of benzene rings is 2. The Balaban J connectivity index is 2.48. The van der Waals surface area contributed by atoms with E-state index in [-0.39, 0.29) is 6.04 Å². The minimum atomic E-state index is 0.249. The number of halogens is 1. The van der Waals surface area contributed by atoms with E-state index in [2.05, 4.69) is 77.6 Å². The first kappa shape index (κ1) is 13.3. The van der Waals surface area contributed by atoms with E-state index in [9.17, 15) is 0 Å². The molecule has 0 aliphatic carbocycles. The van der Waals surface area contributed by atoms with Gasteiger partial charge in [0.1, 0.15) is 0 Å². The molecule has 1 nitrogen and oxygen atoms in total. The molecular formula is C16H18BrN. The van der Waals surface area contributed by atoms with Gasteiger partial charge in [0.2, 0.25) is 0 Å². The summed E-state index contributed by atoms with van der Waals surface area (Å²) in [6.45, 7) is 4.34. The van der Waals surface area contributed by atoms with Crippen molar-refractivity contribution in [2.45, 2.75) is 19.9 Å². The van der Waals surface area contributed by atoms with E-state index in [0.717, 1.165) is 4.47 Å². The maximum Gasteiger partial charge on any atom is 0.0579 e. The minimum absolute atomic E-state index is 0.249. The molecule has 0 aliphatic rings. The van der Waals surface area contributed by atoms with Crippen LogP contribution in [0.3, 0.4) is 0 Å². The Morgan fingerprint density at radius 3 is 2.00 bits per heavy atom. The zero-order valence-corrected chi connectivity index (χ0v) is 12.6. The van der Waals surface area contributed by atoms with E-state index >= 15 is 0 Å². The van der Waals surface area contributed by atoms with Crippen molar-refractivity contribution in [3.05, 3.63) is 69.2 Å². The molecule has 18 heavy (non-hydrogen) atoms. The van der Waals surface area contributed by atoms with Gasteiger partial charge in [-0.1, -0.05) is 46.3 Å². The van der Waals surface area contributed by atoms with Gasteiger partial charge < -0.3 is 5.32 Å². The second kappa shape index (κ2) is 5.68. The highest BCUT2D eigenvalue weighted by Crippen LogP contribution is 2.28. The molecule has 0 radical (unpaired) electrons. The van der Waals surface area contributed by atoms with Gasteiger partial charge in [-0.3, -0.25) is 0 Å². The van der Waals surface area contributed by atoms with Gasteiger partial charge in [0.05, 0.1) is 6.04 Å². The molecule has 1 atom stereocenters. The maximum atomic E-state index is 3.48. The molecule has 2 rings (SSSR count). The quantitative estimate of drug-likeness (QED) is 0.887. The molecule has 0 saturated carbocycles. The molecule has 94 valence electrons. The van der Waals surface area contributed by atoms with Gasteiger partial charge in [0, 0.05) is 4.47 Å². The highest BCUT2D eigenvalue weighted by atomic mass is 79.9. The van der Waals surface area contributed by atoms with E-state index in [1.165, 1.54) is 22.3 Å². The summed E-state index contributed by atoms with van der Waals surface area (Å²) in [4.78, 5) is 0. The molecule has 0 fully saturated rings. The lowest BCUT2D eigenvalue weighted by Crippen LogP contribution is -2.19. The third kappa shape index (κ3) is 2.65. The first-order valence-electron chi connectivity index (χ1n) is 6.12. The van der Waals surface area contributed by atoms with Crippen molar-refractivity contribution in [1.82, 2.24) is 5.32 Å². The molecule has 0 aromatic heterocycles. The van der Waals surface area contributed by atoms with Crippen LogP contribution in [0.4, 0.5) is 0 Å². The number of nitrogens with one attached hydrogen (secondary N) is 1. The van der Waals surface area contributed by atoms with Gasteiger partial charge in [0.15, 0.2) is 0 Å². The van der Waals surface area contributed by atoms with E-state index in [1.807, 2.05) is 7.05 Å². The molecule has 0 bridgehead atoms. The van der Waals surface area contributed by atoms with Crippen molar-refractivity contribution in [2.75, 3.05) is 7.05 Å². The fourth-order valence-electron chi connectivity index (χ4n) is 2.42. The Morgan fingerprint density at radius 2 is 1.50 bits per heavy atom. The summed E-state index contributed by atoms with van der Waals surface area (Å²) in [5, 5.41) is 3.42. The number of hydrogen-bond donors (Lipinski definition) is 1. The van der Waals surface area contributed by atoms with Gasteiger partial charge >= 0.3 is 0 Å². The van der Waals surface area contributed by atoms with Crippen molar-refractivity contribution >= 4 is 15.9 Å². The Morgan fingerprint density at radius 1 is 0.944 bits per heavy atom. The van der Waals surface area contributed by atoms with Crippen LogP contribution in [0.15, 0.2) is 46.9 Å². The third-order valence-corrected chi connectivity index (χ3v) is 3.85. The first-order chi connectivity index (χ1) is 8.63. The Labute approximate surface area is 117 Å². The van der Waals surface area contributed by atoms with Crippen LogP contribution in [0.1, 0.15) is 28.3 Å². The minimum Gasteiger partial charge on any atom is -0.309 e. The van der Waals surface area contributed by atoms with E-state index in [4.69, 9.17) is 0 Å². The van der Waals surface area contributed by atoms with Crippen molar-refractivity contribution < 1.29 is 0 Å². The largest absolute Gasteiger partial charge is 0.309 e.